The van der Waals surface area contributed by atoms with Crippen LogP contribution in [-0.4, -0.2) is 123 Å². The van der Waals surface area contributed by atoms with Crippen molar-refractivity contribution in [2.75, 3.05) is 13.1 Å². The second kappa shape index (κ2) is 28.0. The van der Waals surface area contributed by atoms with Crippen molar-refractivity contribution in [1.82, 2.24) is 52.2 Å². The van der Waals surface area contributed by atoms with Gasteiger partial charge in [-0.2, -0.15) is 0 Å². The molecule has 0 unspecified atom stereocenters. The molecule has 23 nitrogen and oxygen atoms in total. The van der Waals surface area contributed by atoms with Crippen LogP contribution in [0, 0.1) is 5.92 Å². The van der Waals surface area contributed by atoms with Crippen LogP contribution in [0.5, 0.6) is 0 Å². The average molecular weight is 1040 g/mol. The van der Waals surface area contributed by atoms with Crippen LogP contribution in [-0.2, 0) is 68.8 Å². The summed E-state index contributed by atoms with van der Waals surface area (Å²) in [4.78, 5) is 140. The van der Waals surface area contributed by atoms with Crippen LogP contribution in [0.15, 0.2) is 109 Å². The molecular weight excluding hydrogens is 977 g/mol. The second-order valence-corrected chi connectivity index (χ2v) is 18.7. The molecule has 1 saturated heterocycles. The molecule has 402 valence electrons. The van der Waals surface area contributed by atoms with Crippen LogP contribution >= 0.6 is 0 Å². The summed E-state index contributed by atoms with van der Waals surface area (Å²) in [6.07, 6.45) is 3.22. The molecule has 2 aromatic heterocycles. The lowest BCUT2D eigenvalue weighted by molar-refractivity contribution is -0.135. The quantitative estimate of drug-likeness (QED) is 0.0301. The summed E-state index contributed by atoms with van der Waals surface area (Å²) in [5, 5.41) is 19.9. The van der Waals surface area contributed by atoms with Crippen molar-refractivity contribution >= 4 is 69.9 Å². The van der Waals surface area contributed by atoms with Crippen LogP contribution in [0.4, 0.5) is 0 Å². The van der Waals surface area contributed by atoms with E-state index in [9.17, 15) is 43.2 Å². The number of imidazole rings is 1. The molecule has 1 aliphatic rings. The highest BCUT2D eigenvalue weighted by atomic mass is 16.2. The molecule has 3 aromatic carbocycles. The number of aromatic amines is 2. The Morgan fingerprint density at radius 1 is 0.737 bits per heavy atom. The number of Topliss-reactive ketones (excluding diaryl/α,β-unsaturated/α-hetero) is 1. The fourth-order valence-electron chi connectivity index (χ4n) is 8.86. The number of fused-ring (bicyclic) bond motifs is 1. The van der Waals surface area contributed by atoms with E-state index in [1.807, 2.05) is 24.3 Å². The smallest absolute Gasteiger partial charge is 0.243 e. The van der Waals surface area contributed by atoms with Gasteiger partial charge in [0.1, 0.15) is 30.2 Å². The van der Waals surface area contributed by atoms with Gasteiger partial charge >= 0.3 is 0 Å². The van der Waals surface area contributed by atoms with Crippen molar-refractivity contribution in [2.24, 2.45) is 28.1 Å². The first-order chi connectivity index (χ1) is 36.5. The third-order valence-corrected chi connectivity index (χ3v) is 12.8. The van der Waals surface area contributed by atoms with E-state index >= 15 is 0 Å². The molecule has 7 atom stereocenters. The molecule has 76 heavy (non-hydrogen) atoms. The van der Waals surface area contributed by atoms with E-state index in [0.29, 0.717) is 22.4 Å². The average Bonchev–Trinajstić information content (AvgIpc) is 4.07. The molecule has 23 heteroatoms. The normalized spacial score (nSPS) is 19.9. The van der Waals surface area contributed by atoms with Crippen molar-refractivity contribution in [3.8, 4) is 0 Å². The molecule has 15 N–H and O–H groups in total. The van der Waals surface area contributed by atoms with Gasteiger partial charge in [-0.15, -0.1) is 0 Å². The van der Waals surface area contributed by atoms with Crippen LogP contribution in [0.2, 0.25) is 0 Å². The molecule has 0 radical (unpaired) electrons. The lowest BCUT2D eigenvalue weighted by atomic mass is 9.92. The molecule has 1 fully saturated rings. The maximum atomic E-state index is 14.6. The number of hydrogen-bond donors (Lipinski definition) is 12. The summed E-state index contributed by atoms with van der Waals surface area (Å²) in [5.41, 5.74) is 20.3. The van der Waals surface area contributed by atoms with Crippen molar-refractivity contribution in [3.05, 3.63) is 126 Å². The van der Waals surface area contributed by atoms with Gasteiger partial charge in [0.2, 0.25) is 47.3 Å². The molecule has 0 saturated carbocycles. The first-order valence-corrected chi connectivity index (χ1v) is 25.1. The predicted octanol–water partition coefficient (Wildman–Crippen LogP) is -0.495. The van der Waals surface area contributed by atoms with E-state index in [1.54, 1.807) is 66.9 Å². The Morgan fingerprint density at radius 2 is 1.39 bits per heavy atom. The Morgan fingerprint density at radius 3 is 2.07 bits per heavy atom. The molecule has 1 aliphatic heterocycles. The largest absolute Gasteiger partial charge is 0.370 e. The van der Waals surface area contributed by atoms with Crippen molar-refractivity contribution < 1.29 is 43.2 Å². The predicted molar refractivity (Wildman–Crippen MR) is 281 cm³/mol. The number of H-pyrrole nitrogens is 2. The summed E-state index contributed by atoms with van der Waals surface area (Å²) >= 11 is 0. The highest BCUT2D eigenvalue weighted by Crippen LogP contribution is 2.21. The first-order valence-electron chi connectivity index (χ1n) is 25.1. The molecule has 0 bridgehead atoms. The monoisotopic (exact) mass is 1040 g/mol. The van der Waals surface area contributed by atoms with Gasteiger partial charge in [0.15, 0.2) is 11.7 Å². The number of hydrogen-bond acceptors (Lipinski definition) is 11. The molecule has 3 heterocycles. The maximum Gasteiger partial charge on any atom is 0.243 e. The summed E-state index contributed by atoms with van der Waals surface area (Å²) < 4.78 is 0. The topological polar surface area (TPSA) is 373 Å². The van der Waals surface area contributed by atoms with Gasteiger partial charge in [-0.3, -0.25) is 48.1 Å². The number of carbonyl (C=O) groups excluding carboxylic acids is 9. The summed E-state index contributed by atoms with van der Waals surface area (Å²) in [5.74, 6) is -7.92. The molecule has 8 amide bonds. The molecule has 6 rings (SSSR count). The number of nitrogens with zero attached hydrogens (tertiary/aromatic N) is 2. The van der Waals surface area contributed by atoms with Gasteiger partial charge in [-0.25, -0.2) is 4.98 Å². The lowest BCUT2D eigenvalue weighted by Gasteiger charge is -2.27. The molecule has 5 aromatic rings. The van der Waals surface area contributed by atoms with E-state index in [-0.39, 0.29) is 76.8 Å². The minimum Gasteiger partial charge on any atom is -0.370 e. The Labute approximate surface area is 438 Å². The lowest BCUT2D eigenvalue weighted by Crippen LogP contribution is -2.59. The van der Waals surface area contributed by atoms with Gasteiger partial charge in [0.25, 0.3) is 0 Å². The number of primary amides is 1. The highest BCUT2D eigenvalue weighted by molar-refractivity contribution is 5.98. The zero-order valence-corrected chi connectivity index (χ0v) is 42.1. The molecule has 0 aliphatic carbocycles. The van der Waals surface area contributed by atoms with E-state index in [0.717, 1.165) is 10.9 Å². The number of ketones is 1. The number of rotatable bonds is 18. The van der Waals surface area contributed by atoms with E-state index < -0.39 is 102 Å². The van der Waals surface area contributed by atoms with Gasteiger partial charge < -0.3 is 64.4 Å². The van der Waals surface area contributed by atoms with Crippen LogP contribution in [0.3, 0.4) is 0 Å². The Balaban J connectivity index is 1.35. The summed E-state index contributed by atoms with van der Waals surface area (Å²) in [7, 11) is 0. The zero-order chi connectivity index (χ0) is 54.6. The number of nitrogens with two attached hydrogens (primary N) is 3. The Kier molecular flexibility index (Phi) is 20.8. The van der Waals surface area contributed by atoms with Gasteiger partial charge in [-0.1, -0.05) is 78.9 Å². The number of nitrogens with one attached hydrogen (secondary N) is 9. The number of benzene rings is 3. The van der Waals surface area contributed by atoms with Crippen molar-refractivity contribution in [2.45, 2.75) is 107 Å². The van der Waals surface area contributed by atoms with Crippen LogP contribution < -0.4 is 54.4 Å². The zero-order valence-electron chi connectivity index (χ0n) is 42.1. The second-order valence-electron chi connectivity index (χ2n) is 18.7. The Bertz CT molecular complexity index is 2840. The van der Waals surface area contributed by atoms with Gasteiger partial charge in [-0.05, 0) is 48.4 Å². The Hall–Kier alpha value is -8.89. The third kappa shape index (κ3) is 17.4. The maximum absolute atomic E-state index is 14.6. The number of para-hydroxylation sites is 1. The van der Waals surface area contributed by atoms with E-state index in [1.165, 1.54) is 19.4 Å². The first kappa shape index (κ1) is 56.4. The number of aromatic nitrogens is 3. The number of guanidine groups is 1. The van der Waals surface area contributed by atoms with Crippen molar-refractivity contribution in [1.29, 1.82) is 0 Å². The SMILES string of the molecule is CC(=O)N[C@@H](Cc1ccccc1)C(=O)N[C@H]1CCC(=O)NCC[C@@H](C(=O)N[C@@H](Cc2c[nH]c3ccccc23)C(N)=O)CC(=O)[C@H](CCCN=C(N)N)NC(=O)[C@@H](Cc2ccccc2)NC(=O)[C@H](Cc2cnc[nH]2)NC1=O. The minimum absolute atomic E-state index is 0.00628. The minimum atomic E-state index is -1.47. The third-order valence-electron chi connectivity index (χ3n) is 12.8. The van der Waals surface area contributed by atoms with Gasteiger partial charge in [0.05, 0.1) is 12.4 Å². The van der Waals surface area contributed by atoms with Crippen LogP contribution in [0.1, 0.15) is 67.8 Å². The van der Waals surface area contributed by atoms with E-state index in [4.69, 9.17) is 17.2 Å². The summed E-state index contributed by atoms with van der Waals surface area (Å²) in [6.45, 7) is 1.14. The fourth-order valence-corrected chi connectivity index (χ4v) is 8.86. The number of amides is 8. The van der Waals surface area contributed by atoms with Gasteiger partial charge in [0, 0.05) is 93.4 Å². The summed E-state index contributed by atoms with van der Waals surface area (Å²) in [6, 6.07) is 17.1. The highest BCUT2D eigenvalue weighted by Gasteiger charge is 2.35. The molecule has 0 spiro atoms. The number of carbonyl (C=O) groups is 9. The van der Waals surface area contributed by atoms with E-state index in [2.05, 4.69) is 57.2 Å². The van der Waals surface area contributed by atoms with Crippen molar-refractivity contribution in [3.63, 3.8) is 0 Å². The van der Waals surface area contributed by atoms with Crippen LogP contribution in [0.25, 0.3) is 10.9 Å². The standard InChI is InChI=1S/C53H66N14O9/c1-31(68)62-42(23-32-11-4-2-5-12-32)50(74)64-40-18-19-46(70)58-22-20-34(48(72)65-41(47(54)71)25-35-28-60-38-16-9-8-15-37(35)38)26-45(69)39(17-10-21-59-53(55)56)63-51(75)43(24-33-13-6-3-7-14-33)66-52(76)44(67-49(40)73)27-36-29-57-30-61-36/h2-9,11-16,28-30,34,39-44,60H,10,17-27H2,1H3,(H2,54,71)(H,57,61)(H,58,70)(H,62,68)(H,63,75)(H,64,74)(H,65,72)(H,66,76)(H,67,73)(H4,55,56,59)/t34-,39+,40+,41+,42+,43-,44+/m1/s1. The molecular formula is C53H66N14O9. The fraction of sp³-hybridized carbons (Fsp3) is 0.377. The number of aliphatic imine (C=N–C) groups is 1.